The minimum atomic E-state index is -0.410. The van der Waals surface area contributed by atoms with Crippen molar-refractivity contribution in [1.82, 2.24) is 15.1 Å². The van der Waals surface area contributed by atoms with Gasteiger partial charge in [0.05, 0.1) is 0 Å². The molecular formula is C17H16N6O3. The van der Waals surface area contributed by atoms with Gasteiger partial charge in [-0.1, -0.05) is 11.2 Å². The van der Waals surface area contributed by atoms with Crippen molar-refractivity contribution in [3.05, 3.63) is 54.2 Å². The molecule has 3 rings (SSSR count). The zero-order valence-electron chi connectivity index (χ0n) is 14.1. The fourth-order valence-corrected chi connectivity index (χ4v) is 2.18. The number of aryl methyl sites for hydroxylation is 1. The Morgan fingerprint density at radius 2 is 1.77 bits per heavy atom. The van der Waals surface area contributed by atoms with Gasteiger partial charge in [-0.2, -0.15) is 0 Å². The maximum absolute atomic E-state index is 12.4. The minimum absolute atomic E-state index is 0.174. The Morgan fingerprint density at radius 1 is 1.00 bits per heavy atom. The lowest BCUT2D eigenvalue weighted by Crippen LogP contribution is -2.14. The van der Waals surface area contributed by atoms with Crippen molar-refractivity contribution in [2.75, 3.05) is 16.0 Å². The van der Waals surface area contributed by atoms with Crippen molar-refractivity contribution in [3.63, 3.8) is 0 Å². The number of anilines is 4. The quantitative estimate of drug-likeness (QED) is 0.645. The van der Waals surface area contributed by atoms with Gasteiger partial charge in [-0.3, -0.25) is 9.59 Å². The zero-order valence-corrected chi connectivity index (χ0v) is 14.1. The van der Waals surface area contributed by atoms with E-state index in [2.05, 4.69) is 31.1 Å². The Morgan fingerprint density at radius 3 is 2.46 bits per heavy atom. The SMILES string of the molecule is CC(=O)Nc1cccc(NC(=O)c2cc(Nc3cc(C)on3)ncn2)c1. The van der Waals surface area contributed by atoms with E-state index in [1.54, 1.807) is 37.3 Å². The molecule has 3 aromatic rings. The van der Waals surface area contributed by atoms with Crippen LogP contribution in [0.15, 0.2) is 47.2 Å². The van der Waals surface area contributed by atoms with E-state index in [1.807, 2.05) is 0 Å². The first-order chi connectivity index (χ1) is 12.5. The van der Waals surface area contributed by atoms with Crippen LogP contribution in [0, 0.1) is 6.92 Å². The number of amides is 2. The highest BCUT2D eigenvalue weighted by Gasteiger charge is 2.11. The van der Waals surface area contributed by atoms with Gasteiger partial charge in [0.15, 0.2) is 5.82 Å². The third-order valence-electron chi connectivity index (χ3n) is 3.22. The Hall–Kier alpha value is -3.75. The summed E-state index contributed by atoms with van der Waals surface area (Å²) >= 11 is 0. The van der Waals surface area contributed by atoms with Crippen LogP contribution in [0.3, 0.4) is 0 Å². The fourth-order valence-electron chi connectivity index (χ4n) is 2.18. The molecule has 0 aliphatic carbocycles. The first-order valence-corrected chi connectivity index (χ1v) is 7.71. The molecule has 26 heavy (non-hydrogen) atoms. The monoisotopic (exact) mass is 352 g/mol. The first kappa shape index (κ1) is 17.1. The summed E-state index contributed by atoms with van der Waals surface area (Å²) in [6.45, 7) is 3.18. The third kappa shape index (κ3) is 4.41. The van der Waals surface area contributed by atoms with E-state index in [0.29, 0.717) is 28.8 Å². The van der Waals surface area contributed by atoms with Gasteiger partial charge in [-0.25, -0.2) is 9.97 Å². The van der Waals surface area contributed by atoms with E-state index in [-0.39, 0.29) is 11.6 Å². The summed E-state index contributed by atoms with van der Waals surface area (Å²) in [6, 6.07) is 10.0. The molecule has 0 bridgehead atoms. The molecule has 0 aliphatic heterocycles. The van der Waals surface area contributed by atoms with Gasteiger partial charge >= 0.3 is 0 Å². The Kier molecular flexibility index (Phi) is 4.88. The number of carbonyl (C=O) groups excluding carboxylic acids is 2. The average Bonchev–Trinajstić information content (AvgIpc) is 2.99. The van der Waals surface area contributed by atoms with E-state index in [0.717, 1.165) is 0 Å². The van der Waals surface area contributed by atoms with Crippen LogP contribution in [0.5, 0.6) is 0 Å². The van der Waals surface area contributed by atoms with Crippen LogP contribution >= 0.6 is 0 Å². The molecule has 132 valence electrons. The van der Waals surface area contributed by atoms with E-state index in [4.69, 9.17) is 4.52 Å². The number of nitrogens with one attached hydrogen (secondary N) is 3. The van der Waals surface area contributed by atoms with Crippen LogP contribution in [-0.2, 0) is 4.79 Å². The predicted molar refractivity (Wildman–Crippen MR) is 95.3 cm³/mol. The lowest BCUT2D eigenvalue weighted by Gasteiger charge is -2.08. The molecule has 2 heterocycles. The number of aromatic nitrogens is 3. The molecule has 2 amide bonds. The van der Waals surface area contributed by atoms with E-state index in [1.165, 1.54) is 19.3 Å². The number of hydrogen-bond acceptors (Lipinski definition) is 7. The smallest absolute Gasteiger partial charge is 0.274 e. The van der Waals surface area contributed by atoms with Gasteiger partial charge in [0.25, 0.3) is 5.91 Å². The van der Waals surface area contributed by atoms with Crippen molar-refractivity contribution in [2.24, 2.45) is 0 Å². The summed E-state index contributed by atoms with van der Waals surface area (Å²) in [6.07, 6.45) is 1.28. The molecule has 0 atom stereocenters. The summed E-state index contributed by atoms with van der Waals surface area (Å²) in [4.78, 5) is 31.6. The number of benzene rings is 1. The molecule has 2 aromatic heterocycles. The number of hydrogen-bond donors (Lipinski definition) is 3. The van der Waals surface area contributed by atoms with Crippen molar-refractivity contribution in [3.8, 4) is 0 Å². The lowest BCUT2D eigenvalue weighted by atomic mass is 10.2. The first-order valence-electron chi connectivity index (χ1n) is 7.71. The fraction of sp³-hybridized carbons (Fsp3) is 0.118. The second kappa shape index (κ2) is 7.43. The van der Waals surface area contributed by atoms with Gasteiger partial charge in [-0.05, 0) is 25.1 Å². The molecule has 9 heteroatoms. The van der Waals surface area contributed by atoms with Crippen LogP contribution in [-0.4, -0.2) is 26.9 Å². The Balaban J connectivity index is 1.72. The molecule has 0 unspecified atom stereocenters. The molecule has 0 fully saturated rings. The largest absolute Gasteiger partial charge is 0.360 e. The van der Waals surface area contributed by atoms with Gasteiger partial charge in [0.1, 0.15) is 23.6 Å². The maximum Gasteiger partial charge on any atom is 0.274 e. The standard InChI is InChI=1S/C17H16N6O3/c1-10-6-16(23-26-10)22-15-8-14(18-9-19-15)17(25)21-13-5-3-4-12(7-13)20-11(2)24/h3-9H,1-2H3,(H,20,24)(H,21,25)(H,18,19,22,23). The van der Waals surface area contributed by atoms with Crippen LogP contribution < -0.4 is 16.0 Å². The summed E-state index contributed by atoms with van der Waals surface area (Å²) < 4.78 is 4.97. The zero-order chi connectivity index (χ0) is 18.5. The molecule has 0 radical (unpaired) electrons. The van der Waals surface area contributed by atoms with Gasteiger partial charge < -0.3 is 20.5 Å². The molecule has 0 spiro atoms. The van der Waals surface area contributed by atoms with Gasteiger partial charge in [-0.15, -0.1) is 0 Å². The van der Waals surface area contributed by atoms with Crippen LogP contribution in [0.25, 0.3) is 0 Å². The second-order valence-electron chi connectivity index (χ2n) is 5.45. The molecule has 0 aliphatic rings. The number of carbonyl (C=O) groups is 2. The molecular weight excluding hydrogens is 336 g/mol. The Labute approximate surface area is 148 Å². The predicted octanol–water partition coefficient (Wildman–Crippen LogP) is 2.73. The van der Waals surface area contributed by atoms with Crippen LogP contribution in [0.1, 0.15) is 23.2 Å². The number of rotatable bonds is 5. The summed E-state index contributed by atoms with van der Waals surface area (Å²) in [5.41, 5.74) is 1.29. The van der Waals surface area contributed by atoms with Crippen molar-refractivity contribution >= 4 is 34.8 Å². The van der Waals surface area contributed by atoms with Crippen LogP contribution in [0.2, 0.25) is 0 Å². The third-order valence-corrected chi connectivity index (χ3v) is 3.22. The average molecular weight is 352 g/mol. The van der Waals surface area contributed by atoms with Crippen molar-refractivity contribution < 1.29 is 14.1 Å². The molecule has 0 saturated heterocycles. The topological polar surface area (TPSA) is 122 Å². The summed E-state index contributed by atoms with van der Waals surface area (Å²) in [5, 5.41) is 12.1. The van der Waals surface area contributed by atoms with Crippen molar-refractivity contribution in [2.45, 2.75) is 13.8 Å². The highest BCUT2D eigenvalue weighted by atomic mass is 16.5. The minimum Gasteiger partial charge on any atom is -0.360 e. The highest BCUT2D eigenvalue weighted by molar-refractivity contribution is 6.03. The molecule has 9 nitrogen and oxygen atoms in total. The summed E-state index contributed by atoms with van der Waals surface area (Å²) in [7, 11) is 0. The number of nitrogens with zero attached hydrogens (tertiary/aromatic N) is 3. The Bertz CT molecular complexity index is 953. The van der Waals surface area contributed by atoms with E-state index >= 15 is 0 Å². The normalized spacial score (nSPS) is 10.2. The highest BCUT2D eigenvalue weighted by Crippen LogP contribution is 2.17. The summed E-state index contributed by atoms with van der Waals surface area (Å²) in [5.74, 6) is 0.939. The van der Waals surface area contributed by atoms with E-state index < -0.39 is 5.91 Å². The van der Waals surface area contributed by atoms with E-state index in [9.17, 15) is 9.59 Å². The van der Waals surface area contributed by atoms with Gasteiger partial charge in [0, 0.05) is 30.4 Å². The van der Waals surface area contributed by atoms with Gasteiger partial charge in [0.2, 0.25) is 5.91 Å². The molecule has 0 saturated carbocycles. The van der Waals surface area contributed by atoms with Crippen molar-refractivity contribution in [1.29, 1.82) is 0 Å². The second-order valence-corrected chi connectivity index (χ2v) is 5.45. The molecule has 3 N–H and O–H groups in total. The lowest BCUT2D eigenvalue weighted by molar-refractivity contribution is -0.114. The molecule has 1 aromatic carbocycles. The maximum atomic E-state index is 12.4. The van der Waals surface area contributed by atoms with Crippen LogP contribution in [0.4, 0.5) is 23.0 Å².